The highest BCUT2D eigenvalue weighted by Crippen LogP contribution is 2.37. The van der Waals surface area contributed by atoms with Crippen LogP contribution in [0.4, 0.5) is 0 Å². The Labute approximate surface area is 177 Å². The van der Waals surface area contributed by atoms with E-state index in [0.717, 1.165) is 36.3 Å². The number of likely N-dealkylation sites (tertiary alicyclic amines) is 1. The van der Waals surface area contributed by atoms with Gasteiger partial charge in [-0.15, -0.1) is 0 Å². The molecule has 1 fully saturated rings. The van der Waals surface area contributed by atoms with Gasteiger partial charge in [0, 0.05) is 12.1 Å². The Balaban J connectivity index is 1.73. The minimum absolute atomic E-state index is 0.0480. The monoisotopic (exact) mass is 401 g/mol. The number of nitrogens with zero attached hydrogens (tertiary/aromatic N) is 1. The maximum Gasteiger partial charge on any atom is 0.307 e. The van der Waals surface area contributed by atoms with Gasteiger partial charge in [0.25, 0.3) is 0 Å². The van der Waals surface area contributed by atoms with Crippen molar-refractivity contribution in [3.05, 3.63) is 90.0 Å². The lowest BCUT2D eigenvalue weighted by Crippen LogP contribution is -2.41. The Morgan fingerprint density at radius 1 is 0.967 bits per heavy atom. The van der Waals surface area contributed by atoms with Crippen LogP contribution in [0.1, 0.15) is 30.0 Å². The Morgan fingerprint density at radius 2 is 1.63 bits per heavy atom. The van der Waals surface area contributed by atoms with Crippen LogP contribution in [-0.2, 0) is 4.79 Å². The third kappa shape index (κ3) is 4.24. The van der Waals surface area contributed by atoms with E-state index >= 15 is 0 Å². The molecule has 1 aliphatic rings. The first-order valence-electron chi connectivity index (χ1n) is 10.4. The molecular weight excluding hydrogens is 374 g/mol. The van der Waals surface area contributed by atoms with Crippen LogP contribution in [0, 0.1) is 5.92 Å². The second-order valence-corrected chi connectivity index (χ2v) is 7.80. The van der Waals surface area contributed by atoms with Gasteiger partial charge in [-0.25, -0.2) is 0 Å². The number of hydrogen-bond acceptors (Lipinski definition) is 3. The van der Waals surface area contributed by atoms with E-state index in [9.17, 15) is 9.90 Å². The van der Waals surface area contributed by atoms with Crippen molar-refractivity contribution in [3.8, 4) is 16.9 Å². The minimum Gasteiger partial charge on any atom is -0.496 e. The second kappa shape index (κ2) is 9.14. The van der Waals surface area contributed by atoms with Crippen LogP contribution in [0.25, 0.3) is 11.1 Å². The Kier molecular flexibility index (Phi) is 6.15. The number of carboxylic acids is 1. The van der Waals surface area contributed by atoms with Crippen LogP contribution in [0.3, 0.4) is 0 Å². The molecule has 1 saturated heterocycles. The zero-order valence-corrected chi connectivity index (χ0v) is 17.2. The molecule has 3 aromatic rings. The van der Waals surface area contributed by atoms with Crippen LogP contribution >= 0.6 is 0 Å². The van der Waals surface area contributed by atoms with Crippen molar-refractivity contribution in [2.75, 3.05) is 20.2 Å². The summed E-state index contributed by atoms with van der Waals surface area (Å²) in [4.78, 5) is 14.0. The predicted octanol–water partition coefficient (Wildman–Crippen LogP) is 5.25. The lowest BCUT2D eigenvalue weighted by atomic mass is 9.90. The summed E-state index contributed by atoms with van der Waals surface area (Å²) in [5.41, 5.74) is 4.56. The average molecular weight is 402 g/mol. The summed E-state index contributed by atoms with van der Waals surface area (Å²) in [5.74, 6) is -0.218. The molecule has 4 heteroatoms. The number of para-hydroxylation sites is 1. The van der Waals surface area contributed by atoms with Gasteiger partial charge >= 0.3 is 5.97 Å². The zero-order valence-electron chi connectivity index (χ0n) is 17.2. The molecular formula is C26H27NO3. The maximum atomic E-state index is 11.7. The highest BCUT2D eigenvalue weighted by Gasteiger charge is 2.32. The van der Waals surface area contributed by atoms with Gasteiger partial charge in [-0.3, -0.25) is 9.69 Å². The smallest absolute Gasteiger partial charge is 0.307 e. The summed E-state index contributed by atoms with van der Waals surface area (Å²) in [7, 11) is 1.69. The Hall–Kier alpha value is -3.11. The third-order valence-corrected chi connectivity index (χ3v) is 5.93. The normalized spacial score (nSPS) is 18.0. The topological polar surface area (TPSA) is 49.8 Å². The number of aliphatic carboxylic acids is 1. The van der Waals surface area contributed by atoms with Crippen LogP contribution in [-0.4, -0.2) is 36.2 Å². The van der Waals surface area contributed by atoms with Crippen molar-refractivity contribution in [2.24, 2.45) is 5.92 Å². The number of methoxy groups -OCH3 is 1. The molecule has 0 aromatic heterocycles. The molecule has 154 valence electrons. The third-order valence-electron chi connectivity index (χ3n) is 5.93. The molecule has 4 nitrogen and oxygen atoms in total. The van der Waals surface area contributed by atoms with Crippen LogP contribution in [0.2, 0.25) is 0 Å². The predicted molar refractivity (Wildman–Crippen MR) is 119 cm³/mol. The first-order chi connectivity index (χ1) is 14.7. The van der Waals surface area contributed by atoms with E-state index in [1.807, 2.05) is 36.4 Å². The Morgan fingerprint density at radius 3 is 2.33 bits per heavy atom. The number of hydrogen-bond donors (Lipinski definition) is 1. The molecule has 1 N–H and O–H groups in total. The highest BCUT2D eigenvalue weighted by molar-refractivity contribution is 5.70. The molecule has 0 spiro atoms. The van der Waals surface area contributed by atoms with Gasteiger partial charge in [-0.1, -0.05) is 72.8 Å². The van der Waals surface area contributed by atoms with Gasteiger partial charge in [0.05, 0.1) is 19.1 Å². The van der Waals surface area contributed by atoms with Crippen LogP contribution in [0.5, 0.6) is 5.75 Å². The molecule has 0 aliphatic carbocycles. The van der Waals surface area contributed by atoms with Gasteiger partial charge in [-0.05, 0) is 42.1 Å². The number of ether oxygens (including phenoxy) is 1. The van der Waals surface area contributed by atoms with Gasteiger partial charge < -0.3 is 9.84 Å². The first-order valence-corrected chi connectivity index (χ1v) is 10.4. The van der Waals surface area contributed by atoms with Gasteiger partial charge in [0.1, 0.15) is 5.75 Å². The van der Waals surface area contributed by atoms with Gasteiger partial charge in [-0.2, -0.15) is 0 Å². The quantitative estimate of drug-likeness (QED) is 0.613. The van der Waals surface area contributed by atoms with Gasteiger partial charge in [0.15, 0.2) is 0 Å². The molecule has 1 heterocycles. The lowest BCUT2D eigenvalue weighted by Gasteiger charge is -2.38. The molecule has 3 aromatic carbocycles. The largest absolute Gasteiger partial charge is 0.496 e. The second-order valence-electron chi connectivity index (χ2n) is 7.80. The fraction of sp³-hybridized carbons (Fsp3) is 0.269. The van der Waals surface area contributed by atoms with Crippen molar-refractivity contribution in [2.45, 2.75) is 18.9 Å². The average Bonchev–Trinajstić information content (AvgIpc) is 2.81. The molecule has 4 rings (SSSR count). The summed E-state index contributed by atoms with van der Waals surface area (Å²) < 4.78 is 5.66. The summed E-state index contributed by atoms with van der Waals surface area (Å²) in [5, 5.41) is 9.59. The highest BCUT2D eigenvalue weighted by atomic mass is 16.5. The zero-order chi connectivity index (χ0) is 20.9. The van der Waals surface area contributed by atoms with E-state index < -0.39 is 5.97 Å². The fourth-order valence-electron chi connectivity index (χ4n) is 4.41. The summed E-state index contributed by atoms with van der Waals surface area (Å²) in [6, 6.07) is 26.9. The number of rotatable bonds is 6. The Bertz CT molecular complexity index is 985. The van der Waals surface area contributed by atoms with Crippen molar-refractivity contribution in [1.82, 2.24) is 4.90 Å². The van der Waals surface area contributed by atoms with Crippen LogP contribution in [0.15, 0.2) is 78.9 Å². The van der Waals surface area contributed by atoms with Crippen molar-refractivity contribution in [1.29, 1.82) is 0 Å². The molecule has 0 saturated carbocycles. The van der Waals surface area contributed by atoms with Crippen molar-refractivity contribution < 1.29 is 14.6 Å². The number of carboxylic acid groups (broad SMARTS) is 1. The van der Waals surface area contributed by atoms with Crippen molar-refractivity contribution in [3.63, 3.8) is 0 Å². The fourth-order valence-corrected chi connectivity index (χ4v) is 4.41. The van der Waals surface area contributed by atoms with Crippen LogP contribution < -0.4 is 4.74 Å². The van der Waals surface area contributed by atoms with E-state index in [1.54, 1.807) is 7.11 Å². The summed E-state index contributed by atoms with van der Waals surface area (Å²) >= 11 is 0. The molecule has 0 bridgehead atoms. The molecule has 30 heavy (non-hydrogen) atoms. The van der Waals surface area contributed by atoms with Gasteiger partial charge in [0.2, 0.25) is 0 Å². The number of piperidine rings is 1. The summed E-state index contributed by atoms with van der Waals surface area (Å²) in [6.45, 7) is 1.41. The summed E-state index contributed by atoms with van der Waals surface area (Å²) in [6.07, 6.45) is 1.61. The lowest BCUT2D eigenvalue weighted by molar-refractivity contribution is -0.143. The van der Waals surface area contributed by atoms with E-state index in [0.29, 0.717) is 6.54 Å². The molecule has 0 amide bonds. The van der Waals surface area contributed by atoms with E-state index in [-0.39, 0.29) is 12.0 Å². The maximum absolute atomic E-state index is 11.7. The molecule has 2 atom stereocenters. The van der Waals surface area contributed by atoms with E-state index in [2.05, 4.69) is 47.4 Å². The standard InChI is InChI=1S/C26H27NO3/c1-30-24-12-6-5-11-23(24)25(27-17-7-10-22(18-27)26(28)29)21-15-13-20(14-16-21)19-8-3-2-4-9-19/h2-6,8-9,11-16,22,25H,7,10,17-18H2,1H3,(H,28,29). The molecule has 1 aliphatic heterocycles. The molecule has 0 radical (unpaired) electrons. The van der Waals surface area contributed by atoms with Crippen molar-refractivity contribution >= 4 is 5.97 Å². The minimum atomic E-state index is -0.710. The van der Waals surface area contributed by atoms with E-state index in [1.165, 1.54) is 11.1 Å². The molecule has 2 unspecified atom stereocenters. The SMILES string of the molecule is COc1ccccc1C(c1ccc(-c2ccccc2)cc1)N1CCCC(C(=O)O)C1. The first kappa shape index (κ1) is 20.2. The number of benzene rings is 3. The van der Waals surface area contributed by atoms with E-state index in [4.69, 9.17) is 4.74 Å². The number of carbonyl (C=O) groups is 1.